The summed E-state index contributed by atoms with van der Waals surface area (Å²) in [7, 11) is 0. The van der Waals surface area contributed by atoms with Gasteiger partial charge in [0.2, 0.25) is 0 Å². The minimum Gasteiger partial charge on any atom is -0.490 e. The number of aromatic nitrogens is 2. The van der Waals surface area contributed by atoms with Crippen LogP contribution >= 0.6 is 23.2 Å². The topological polar surface area (TPSA) is 106 Å². The summed E-state index contributed by atoms with van der Waals surface area (Å²) < 4.78 is 17.6. The molecule has 2 fully saturated rings. The number of ether oxygens (including phenoxy) is 3. The van der Waals surface area contributed by atoms with Crippen molar-refractivity contribution in [2.24, 2.45) is 0 Å². The molecule has 310 valence electrons. The molecule has 0 bridgehead atoms. The summed E-state index contributed by atoms with van der Waals surface area (Å²) in [5.41, 5.74) is 4.34. The van der Waals surface area contributed by atoms with Crippen LogP contribution in [0.3, 0.4) is 0 Å². The van der Waals surface area contributed by atoms with Crippen molar-refractivity contribution in [3.05, 3.63) is 118 Å². The van der Waals surface area contributed by atoms with E-state index in [4.69, 9.17) is 37.4 Å². The Morgan fingerprint density at radius 3 is 1.95 bits per heavy atom. The third kappa shape index (κ3) is 13.4. The van der Waals surface area contributed by atoms with Crippen LogP contribution in [0.2, 0.25) is 10.0 Å². The summed E-state index contributed by atoms with van der Waals surface area (Å²) >= 11 is 12.0. The van der Waals surface area contributed by atoms with Crippen molar-refractivity contribution in [2.45, 2.75) is 115 Å². The zero-order chi connectivity index (χ0) is 40.9. The minimum atomic E-state index is -0.475. The van der Waals surface area contributed by atoms with Crippen LogP contribution in [0.5, 0.6) is 11.5 Å². The van der Waals surface area contributed by atoms with Gasteiger partial charge < -0.3 is 24.4 Å². The van der Waals surface area contributed by atoms with Crippen LogP contribution < -0.4 is 14.8 Å². The van der Waals surface area contributed by atoms with Crippen LogP contribution in [0.15, 0.2) is 85.5 Å². The maximum atomic E-state index is 12.5. The molecule has 4 aliphatic rings. The van der Waals surface area contributed by atoms with Gasteiger partial charge in [0.1, 0.15) is 36.1 Å². The summed E-state index contributed by atoms with van der Waals surface area (Å²) in [6, 6.07) is 21.0. The molecule has 2 atom stereocenters. The molecule has 0 unspecified atom stereocenters. The van der Waals surface area contributed by atoms with Gasteiger partial charge in [-0.3, -0.25) is 19.7 Å². The number of hydrogen-bond donors (Lipinski definition) is 1. The third-order valence-corrected chi connectivity index (χ3v) is 11.3. The molecule has 2 aromatic carbocycles. The van der Waals surface area contributed by atoms with Crippen molar-refractivity contribution in [1.82, 2.24) is 25.1 Å². The predicted octanol–water partition coefficient (Wildman–Crippen LogP) is 9.29. The van der Waals surface area contributed by atoms with E-state index in [0.29, 0.717) is 44.2 Å². The first-order valence-electron chi connectivity index (χ1n) is 20.6. The van der Waals surface area contributed by atoms with E-state index in [9.17, 15) is 9.59 Å². The molecular weight excluding hydrogens is 773 g/mol. The van der Waals surface area contributed by atoms with Gasteiger partial charge in [-0.05, 0) is 107 Å². The number of hydrogen-bond acceptors (Lipinski definition) is 9. The van der Waals surface area contributed by atoms with Gasteiger partial charge in [-0.2, -0.15) is 0 Å². The second kappa shape index (κ2) is 21.2. The lowest BCUT2D eigenvalue weighted by atomic mass is 9.97. The molecule has 12 heteroatoms. The van der Waals surface area contributed by atoms with Gasteiger partial charge in [0.05, 0.1) is 12.4 Å². The van der Waals surface area contributed by atoms with Crippen LogP contribution in [0.1, 0.15) is 88.0 Å². The Kier molecular flexibility index (Phi) is 15.8. The van der Waals surface area contributed by atoms with E-state index in [-0.39, 0.29) is 12.1 Å². The van der Waals surface area contributed by atoms with Crippen molar-refractivity contribution in [3.8, 4) is 11.5 Å². The highest BCUT2D eigenvalue weighted by Gasteiger charge is 2.35. The van der Waals surface area contributed by atoms with Gasteiger partial charge in [0.15, 0.2) is 0 Å². The Balaban J connectivity index is 0.000000182. The largest absolute Gasteiger partial charge is 0.490 e. The number of piperidine rings is 1. The monoisotopic (exact) mass is 829 g/mol. The van der Waals surface area contributed by atoms with Crippen LogP contribution in [0, 0.1) is 0 Å². The molecule has 1 saturated heterocycles. The summed E-state index contributed by atoms with van der Waals surface area (Å²) in [5.74, 6) is 2.21. The Morgan fingerprint density at radius 1 is 0.793 bits per heavy atom. The number of nitrogens with one attached hydrogen (secondary N) is 1. The van der Waals surface area contributed by atoms with E-state index in [1.54, 1.807) is 12.4 Å². The molecule has 2 aromatic heterocycles. The second-order valence-corrected chi connectivity index (χ2v) is 17.3. The molecule has 0 spiro atoms. The van der Waals surface area contributed by atoms with Gasteiger partial charge in [-0.1, -0.05) is 53.9 Å². The van der Waals surface area contributed by atoms with E-state index in [1.807, 2.05) is 74.5 Å². The van der Waals surface area contributed by atoms with Crippen LogP contribution in [-0.2, 0) is 35.5 Å². The molecule has 58 heavy (non-hydrogen) atoms. The number of carbonyl (C=O) groups is 2. The molecule has 0 radical (unpaired) electrons. The van der Waals surface area contributed by atoms with Gasteiger partial charge in [0.25, 0.3) is 0 Å². The highest BCUT2D eigenvalue weighted by atomic mass is 35.5. The number of halogens is 2. The summed E-state index contributed by atoms with van der Waals surface area (Å²) in [4.78, 5) is 35.7. The molecule has 3 aliphatic heterocycles. The van der Waals surface area contributed by atoms with Crippen molar-refractivity contribution >= 4 is 35.1 Å². The Hall–Kier alpha value is -4.22. The van der Waals surface area contributed by atoms with Crippen LogP contribution in [0.25, 0.3) is 0 Å². The lowest BCUT2D eigenvalue weighted by Crippen LogP contribution is -2.51. The fourth-order valence-electron chi connectivity index (χ4n) is 7.65. The molecule has 4 aromatic rings. The predicted molar refractivity (Wildman–Crippen MR) is 229 cm³/mol. The second-order valence-electron chi connectivity index (χ2n) is 16.5. The minimum absolute atomic E-state index is 0.218. The van der Waals surface area contributed by atoms with Gasteiger partial charge >= 0.3 is 6.09 Å². The first-order valence-corrected chi connectivity index (χ1v) is 21.3. The maximum absolute atomic E-state index is 12.5. The van der Waals surface area contributed by atoms with Gasteiger partial charge in [0, 0.05) is 90.7 Å². The Bertz CT molecular complexity index is 1880. The number of amides is 1. The van der Waals surface area contributed by atoms with Crippen molar-refractivity contribution in [3.63, 3.8) is 0 Å². The number of benzene rings is 2. The Labute approximate surface area is 353 Å². The van der Waals surface area contributed by atoms with Gasteiger partial charge in [-0.15, -0.1) is 0 Å². The molecule has 1 aliphatic carbocycles. The molecule has 1 saturated carbocycles. The SMILES string of the molecule is CC(C)(C)OC(=O)N1CCC(N2Cc3ccncc3OC[C@@H]2Cc2ccc(Cl)cc2)CC1.Clc1ccc(C[C@H]2COc3cnccc3CN2)cc1.O=C1CCCCC1. The first kappa shape index (κ1) is 43.4. The van der Waals surface area contributed by atoms with E-state index in [1.165, 1.54) is 17.5 Å². The number of likely N-dealkylation sites (tertiary alicyclic amines) is 1. The average Bonchev–Trinajstić information content (AvgIpc) is 3.54. The quantitative estimate of drug-likeness (QED) is 0.211. The van der Waals surface area contributed by atoms with Crippen LogP contribution in [-0.4, -0.2) is 81.7 Å². The number of fused-ring (bicyclic) bond motifs is 2. The standard InChI is InChI=1S/C25H32ClN3O3.C15H15ClN2O.C6H10O/c1-25(2,3)32-24(30)28-12-9-21(10-13-28)29-16-19-8-11-27-15-23(19)31-17-22(29)14-18-4-6-20(26)7-5-18;16-13-3-1-11(2-4-13)7-14-10-19-15-9-17-6-5-12(15)8-18-14;7-6-4-2-1-3-5-6/h4-8,11,15,21-22H,9-10,12-14,16-17H2,1-3H3;1-6,9,14,18H,7-8,10H2;1-5H2/t22-;14-;/m00./s1. The number of Topliss-reactive ketones (excluding diaryl/α,β-unsaturated/α-hetero) is 1. The number of pyridine rings is 2. The lowest BCUT2D eigenvalue weighted by molar-refractivity contribution is -0.120. The Morgan fingerprint density at radius 2 is 1.36 bits per heavy atom. The van der Waals surface area contributed by atoms with E-state index in [2.05, 4.69) is 44.5 Å². The highest BCUT2D eigenvalue weighted by molar-refractivity contribution is 6.30. The molecule has 8 rings (SSSR count). The zero-order valence-electron chi connectivity index (χ0n) is 34.0. The first-order chi connectivity index (χ1) is 28.0. The molecular formula is C46H57Cl2N5O5. The van der Waals surface area contributed by atoms with Crippen molar-refractivity contribution < 1.29 is 23.8 Å². The summed E-state index contributed by atoms with van der Waals surface area (Å²) in [5, 5.41) is 5.03. The van der Waals surface area contributed by atoms with E-state index < -0.39 is 5.60 Å². The molecule has 5 heterocycles. The van der Waals surface area contributed by atoms with Crippen LogP contribution in [0.4, 0.5) is 4.79 Å². The summed E-state index contributed by atoms with van der Waals surface area (Å²) in [6.45, 7) is 10.0. The van der Waals surface area contributed by atoms with Crippen molar-refractivity contribution in [1.29, 1.82) is 0 Å². The van der Waals surface area contributed by atoms with Crippen molar-refractivity contribution in [2.75, 3.05) is 26.3 Å². The fraction of sp³-hybridized carbons (Fsp3) is 0.478. The molecule has 10 nitrogen and oxygen atoms in total. The average molecular weight is 831 g/mol. The fourth-order valence-corrected chi connectivity index (χ4v) is 7.90. The normalized spacial score (nSPS) is 19.9. The van der Waals surface area contributed by atoms with Gasteiger partial charge in [-0.25, -0.2) is 4.79 Å². The highest BCUT2D eigenvalue weighted by Crippen LogP contribution is 2.31. The molecule has 1 N–H and O–H groups in total. The van der Waals surface area contributed by atoms with E-state index >= 15 is 0 Å². The number of nitrogens with zero attached hydrogens (tertiary/aromatic N) is 4. The smallest absolute Gasteiger partial charge is 0.410 e. The maximum Gasteiger partial charge on any atom is 0.410 e. The summed E-state index contributed by atoms with van der Waals surface area (Å²) in [6.07, 6.45) is 15.9. The number of ketones is 1. The lowest BCUT2D eigenvalue weighted by Gasteiger charge is -2.41. The zero-order valence-corrected chi connectivity index (χ0v) is 35.5. The van der Waals surface area contributed by atoms with E-state index in [0.717, 1.165) is 97.1 Å². The molecule has 1 amide bonds. The third-order valence-electron chi connectivity index (χ3n) is 10.8. The number of carbonyl (C=O) groups excluding carboxylic acids is 2. The number of rotatable bonds is 5.